The lowest BCUT2D eigenvalue weighted by molar-refractivity contribution is -0.156. The van der Waals surface area contributed by atoms with Crippen LogP contribution in [-0.2, 0) is 14.3 Å². The number of carbonyl (C=O) groups is 3. The highest BCUT2D eigenvalue weighted by molar-refractivity contribution is 7.12. The molecule has 1 N–H and O–H groups in total. The number of nitrogens with one attached hydrogen (secondary N) is 1. The van der Waals surface area contributed by atoms with Gasteiger partial charge in [-0.2, -0.15) is 0 Å². The van der Waals surface area contributed by atoms with Crippen molar-refractivity contribution >= 4 is 58.1 Å². The first-order valence-corrected chi connectivity index (χ1v) is 10.2. The van der Waals surface area contributed by atoms with Crippen LogP contribution in [0.2, 0.25) is 10.0 Å². The van der Waals surface area contributed by atoms with Crippen LogP contribution in [-0.4, -0.2) is 46.4 Å². The fraction of sp³-hybridized carbons (Fsp3) is 0.333. The summed E-state index contributed by atoms with van der Waals surface area (Å²) in [5.74, 6) is -1.28. The zero-order valence-electron chi connectivity index (χ0n) is 14.9. The Hall–Kier alpha value is -2.16. The molecule has 1 aliphatic heterocycles. The number of esters is 1. The van der Waals surface area contributed by atoms with Gasteiger partial charge in [0.25, 0.3) is 11.8 Å². The largest absolute Gasteiger partial charge is 0.451 e. The molecule has 0 spiro atoms. The molecule has 2 atom stereocenters. The number of halogens is 2. The first kappa shape index (κ1) is 20.6. The van der Waals surface area contributed by atoms with E-state index in [0.29, 0.717) is 29.3 Å². The Morgan fingerprint density at radius 1 is 1.39 bits per heavy atom. The van der Waals surface area contributed by atoms with E-state index in [0.717, 1.165) is 0 Å². The van der Waals surface area contributed by atoms with Crippen LogP contribution in [0.15, 0.2) is 29.8 Å². The molecule has 0 bridgehead atoms. The second-order valence-corrected chi connectivity index (χ2v) is 7.98. The van der Waals surface area contributed by atoms with Crippen molar-refractivity contribution in [2.45, 2.75) is 31.9 Å². The average Bonchev–Trinajstić information content (AvgIpc) is 3.35. The highest BCUT2D eigenvalue weighted by Gasteiger charge is 2.37. The molecular weight excluding hydrogens is 425 g/mol. The molecule has 1 aliphatic rings. The number of amides is 2. The summed E-state index contributed by atoms with van der Waals surface area (Å²) in [6, 6.07) is 4.23. The average molecular weight is 442 g/mol. The van der Waals surface area contributed by atoms with Crippen LogP contribution in [0.25, 0.3) is 0 Å². The summed E-state index contributed by atoms with van der Waals surface area (Å²) in [5.41, 5.74) is 0. The molecule has 0 aliphatic carbocycles. The third-order valence-corrected chi connectivity index (χ3v) is 5.58. The van der Waals surface area contributed by atoms with Gasteiger partial charge in [0.2, 0.25) is 0 Å². The van der Waals surface area contributed by atoms with E-state index >= 15 is 0 Å². The molecule has 10 heteroatoms. The van der Waals surface area contributed by atoms with E-state index in [2.05, 4.69) is 10.3 Å². The topological polar surface area (TPSA) is 88.6 Å². The Balaban J connectivity index is 1.61. The second-order valence-electron chi connectivity index (χ2n) is 6.19. The number of nitrogens with zero attached hydrogens (tertiary/aromatic N) is 2. The number of rotatable bonds is 5. The number of pyridine rings is 1. The number of aromatic nitrogens is 1. The molecule has 3 heterocycles. The predicted octanol–water partition coefficient (Wildman–Crippen LogP) is 3.62. The van der Waals surface area contributed by atoms with E-state index in [1.54, 1.807) is 17.5 Å². The van der Waals surface area contributed by atoms with Crippen molar-refractivity contribution in [2.24, 2.45) is 0 Å². The van der Waals surface area contributed by atoms with Gasteiger partial charge < -0.3 is 15.0 Å². The SMILES string of the molecule is C[C@H](OC(=O)[C@@H]1CCCN1C(=O)c1cccs1)C(=O)Nc1ncc(Cl)cc1Cl. The van der Waals surface area contributed by atoms with E-state index in [9.17, 15) is 14.4 Å². The summed E-state index contributed by atoms with van der Waals surface area (Å²) in [6.07, 6.45) is 1.45. The predicted molar refractivity (Wildman–Crippen MR) is 107 cm³/mol. The minimum Gasteiger partial charge on any atom is -0.451 e. The quantitative estimate of drug-likeness (QED) is 0.715. The summed E-state index contributed by atoms with van der Waals surface area (Å²) < 4.78 is 5.29. The Morgan fingerprint density at radius 2 is 2.18 bits per heavy atom. The molecule has 2 amide bonds. The van der Waals surface area contributed by atoms with Crippen molar-refractivity contribution in [3.8, 4) is 0 Å². The smallest absolute Gasteiger partial charge is 0.329 e. The molecule has 2 aromatic heterocycles. The molecule has 0 unspecified atom stereocenters. The number of anilines is 1. The van der Waals surface area contributed by atoms with Gasteiger partial charge >= 0.3 is 5.97 Å². The van der Waals surface area contributed by atoms with E-state index < -0.39 is 24.0 Å². The Labute approximate surface area is 175 Å². The summed E-state index contributed by atoms with van der Waals surface area (Å²) in [7, 11) is 0. The number of likely N-dealkylation sites (tertiary alicyclic amines) is 1. The Kier molecular flexibility index (Phi) is 6.53. The van der Waals surface area contributed by atoms with E-state index in [1.165, 1.54) is 35.4 Å². The van der Waals surface area contributed by atoms with E-state index in [1.807, 2.05) is 0 Å². The highest BCUT2D eigenvalue weighted by atomic mass is 35.5. The van der Waals surface area contributed by atoms with Gasteiger partial charge in [0.15, 0.2) is 11.9 Å². The highest BCUT2D eigenvalue weighted by Crippen LogP contribution is 2.25. The van der Waals surface area contributed by atoms with Crippen LogP contribution >= 0.6 is 34.5 Å². The molecular formula is C18H17Cl2N3O4S. The maximum Gasteiger partial charge on any atom is 0.329 e. The third-order valence-electron chi connectivity index (χ3n) is 4.23. The van der Waals surface area contributed by atoms with E-state index in [-0.39, 0.29) is 16.7 Å². The molecule has 1 fully saturated rings. The molecule has 0 saturated carbocycles. The summed E-state index contributed by atoms with van der Waals surface area (Å²) >= 11 is 13.1. The standard InChI is InChI=1S/C18H17Cl2N3O4S/c1-10(16(24)22-15-12(20)8-11(19)9-21-15)27-18(26)13-4-2-6-23(13)17(25)14-5-3-7-28-14/h3,5,7-10,13H,2,4,6H2,1H3,(H,21,22,24)/t10-,13-/m0/s1. The first-order valence-electron chi connectivity index (χ1n) is 8.53. The molecule has 1 saturated heterocycles. The van der Waals surface area contributed by atoms with Crippen LogP contribution < -0.4 is 5.32 Å². The third kappa shape index (κ3) is 4.63. The van der Waals surface area contributed by atoms with Gasteiger partial charge in [-0.3, -0.25) is 9.59 Å². The van der Waals surface area contributed by atoms with Crippen LogP contribution in [0, 0.1) is 0 Å². The molecule has 0 aromatic carbocycles. The fourth-order valence-electron chi connectivity index (χ4n) is 2.83. The first-order chi connectivity index (χ1) is 13.4. The lowest BCUT2D eigenvalue weighted by Gasteiger charge is -2.24. The van der Waals surface area contributed by atoms with Gasteiger partial charge in [0, 0.05) is 12.7 Å². The van der Waals surface area contributed by atoms with Gasteiger partial charge in [-0.25, -0.2) is 9.78 Å². The molecule has 7 nitrogen and oxygen atoms in total. The minimum absolute atomic E-state index is 0.120. The van der Waals surface area contributed by atoms with Gasteiger partial charge in [-0.15, -0.1) is 11.3 Å². The normalized spacial score (nSPS) is 17.2. The maximum atomic E-state index is 12.6. The fourth-order valence-corrected chi connectivity index (χ4v) is 3.93. The van der Waals surface area contributed by atoms with Gasteiger partial charge in [0.05, 0.1) is 14.9 Å². The summed E-state index contributed by atoms with van der Waals surface area (Å²) in [6.45, 7) is 1.92. The van der Waals surface area contributed by atoms with Crippen molar-refractivity contribution < 1.29 is 19.1 Å². The lowest BCUT2D eigenvalue weighted by Crippen LogP contribution is -2.43. The maximum absolute atomic E-state index is 12.6. The Bertz CT molecular complexity index is 891. The van der Waals surface area contributed by atoms with Crippen LogP contribution in [0.1, 0.15) is 29.4 Å². The number of hydrogen-bond donors (Lipinski definition) is 1. The summed E-state index contributed by atoms with van der Waals surface area (Å²) in [4.78, 5) is 43.4. The van der Waals surface area contributed by atoms with Gasteiger partial charge in [0.1, 0.15) is 6.04 Å². The van der Waals surface area contributed by atoms with Gasteiger partial charge in [-0.1, -0.05) is 29.3 Å². The zero-order valence-corrected chi connectivity index (χ0v) is 17.2. The molecule has 0 radical (unpaired) electrons. The molecule has 2 aromatic rings. The number of carbonyl (C=O) groups excluding carboxylic acids is 3. The van der Waals surface area contributed by atoms with Crippen molar-refractivity contribution in [3.05, 3.63) is 44.7 Å². The number of thiophene rings is 1. The van der Waals surface area contributed by atoms with Crippen molar-refractivity contribution in [3.63, 3.8) is 0 Å². The van der Waals surface area contributed by atoms with Crippen LogP contribution in [0.4, 0.5) is 5.82 Å². The monoisotopic (exact) mass is 441 g/mol. The van der Waals surface area contributed by atoms with Crippen molar-refractivity contribution in [2.75, 3.05) is 11.9 Å². The summed E-state index contributed by atoms with van der Waals surface area (Å²) in [5, 5.41) is 4.80. The van der Waals surface area contributed by atoms with Crippen LogP contribution in [0.3, 0.4) is 0 Å². The Morgan fingerprint density at radius 3 is 2.86 bits per heavy atom. The number of ether oxygens (including phenoxy) is 1. The zero-order chi connectivity index (χ0) is 20.3. The van der Waals surface area contributed by atoms with E-state index in [4.69, 9.17) is 27.9 Å². The molecule has 148 valence electrons. The van der Waals surface area contributed by atoms with Gasteiger partial charge in [-0.05, 0) is 37.3 Å². The van der Waals surface area contributed by atoms with Crippen molar-refractivity contribution in [1.29, 1.82) is 0 Å². The number of hydrogen-bond acceptors (Lipinski definition) is 6. The molecule has 3 rings (SSSR count). The van der Waals surface area contributed by atoms with Crippen LogP contribution in [0.5, 0.6) is 0 Å². The van der Waals surface area contributed by atoms with Crippen molar-refractivity contribution in [1.82, 2.24) is 9.88 Å². The molecule has 28 heavy (non-hydrogen) atoms. The lowest BCUT2D eigenvalue weighted by atomic mass is 10.2. The second kappa shape index (κ2) is 8.89. The minimum atomic E-state index is -1.08.